The lowest BCUT2D eigenvalue weighted by Gasteiger charge is -2.04. The molecule has 1 aromatic heterocycles. The average Bonchev–Trinajstić information content (AvgIpc) is 2.51. The van der Waals surface area contributed by atoms with E-state index in [1.54, 1.807) is 24.3 Å². The van der Waals surface area contributed by atoms with Crippen LogP contribution in [0.2, 0.25) is 0 Å². The van der Waals surface area contributed by atoms with Crippen LogP contribution < -0.4 is 5.63 Å². The Labute approximate surface area is 127 Å². The van der Waals surface area contributed by atoms with E-state index in [0.717, 1.165) is 16.8 Å². The van der Waals surface area contributed by atoms with E-state index in [2.05, 4.69) is 4.99 Å². The lowest BCUT2D eigenvalue weighted by atomic mass is 10.1. The van der Waals surface area contributed by atoms with Gasteiger partial charge in [-0.1, -0.05) is 24.3 Å². The first-order valence-electron chi connectivity index (χ1n) is 6.93. The molecule has 0 bridgehead atoms. The van der Waals surface area contributed by atoms with Gasteiger partial charge in [0.15, 0.2) is 0 Å². The van der Waals surface area contributed by atoms with Crippen LogP contribution in [0.1, 0.15) is 16.7 Å². The van der Waals surface area contributed by atoms with Gasteiger partial charge in [-0.05, 0) is 43.2 Å². The molecule has 0 spiro atoms. The summed E-state index contributed by atoms with van der Waals surface area (Å²) in [4.78, 5) is 16.3. The van der Waals surface area contributed by atoms with E-state index in [4.69, 9.17) is 4.42 Å². The average molecular weight is 293 g/mol. The molecule has 0 amide bonds. The minimum Gasteiger partial charge on any atom is -0.506 e. The lowest BCUT2D eigenvalue weighted by molar-refractivity contribution is 0.466. The van der Waals surface area contributed by atoms with Crippen molar-refractivity contribution < 1.29 is 9.52 Å². The van der Waals surface area contributed by atoms with Crippen molar-refractivity contribution >= 4 is 22.9 Å². The van der Waals surface area contributed by atoms with Crippen molar-refractivity contribution in [3.8, 4) is 5.75 Å². The molecule has 4 nitrogen and oxygen atoms in total. The van der Waals surface area contributed by atoms with Gasteiger partial charge in [-0.2, -0.15) is 0 Å². The van der Waals surface area contributed by atoms with Crippen molar-refractivity contribution in [1.29, 1.82) is 0 Å². The van der Waals surface area contributed by atoms with Gasteiger partial charge in [0.25, 0.3) is 0 Å². The Bertz CT molecular complexity index is 939. The van der Waals surface area contributed by atoms with Crippen LogP contribution in [0.4, 0.5) is 5.69 Å². The Balaban J connectivity index is 2.13. The van der Waals surface area contributed by atoms with E-state index in [-0.39, 0.29) is 11.3 Å². The molecule has 0 aliphatic carbocycles. The number of hydrogen-bond acceptors (Lipinski definition) is 4. The Morgan fingerprint density at radius 1 is 1.09 bits per heavy atom. The van der Waals surface area contributed by atoms with Gasteiger partial charge in [-0.25, -0.2) is 4.79 Å². The second kappa shape index (κ2) is 5.48. The lowest BCUT2D eigenvalue weighted by Crippen LogP contribution is -2.06. The van der Waals surface area contributed by atoms with Gasteiger partial charge in [0, 0.05) is 6.21 Å². The molecule has 0 atom stereocenters. The van der Waals surface area contributed by atoms with Crippen LogP contribution in [0.5, 0.6) is 5.75 Å². The zero-order valence-corrected chi connectivity index (χ0v) is 12.3. The quantitative estimate of drug-likeness (QED) is 0.576. The fraction of sp³-hybridized carbons (Fsp3) is 0.111. The summed E-state index contributed by atoms with van der Waals surface area (Å²) in [7, 11) is 0. The van der Waals surface area contributed by atoms with Crippen LogP contribution in [0.15, 0.2) is 56.7 Å². The van der Waals surface area contributed by atoms with E-state index in [1.807, 2.05) is 32.0 Å². The van der Waals surface area contributed by atoms with Crippen LogP contribution in [-0.2, 0) is 0 Å². The number of nitrogens with zero attached hydrogens (tertiary/aromatic N) is 1. The molecule has 0 saturated heterocycles. The SMILES string of the molecule is Cc1cccc(N=Cc2c(O)c3ccccc3oc2=O)c1C. The summed E-state index contributed by atoms with van der Waals surface area (Å²) in [5, 5.41) is 10.8. The number of aromatic hydroxyl groups is 1. The highest BCUT2D eigenvalue weighted by molar-refractivity contribution is 5.94. The van der Waals surface area contributed by atoms with Crippen LogP contribution in [-0.4, -0.2) is 11.3 Å². The maximum atomic E-state index is 12.0. The van der Waals surface area contributed by atoms with Crippen LogP contribution in [0.25, 0.3) is 11.0 Å². The predicted molar refractivity (Wildman–Crippen MR) is 87.3 cm³/mol. The van der Waals surface area contributed by atoms with Crippen LogP contribution in [0.3, 0.4) is 0 Å². The van der Waals surface area contributed by atoms with Crippen LogP contribution >= 0.6 is 0 Å². The summed E-state index contributed by atoms with van der Waals surface area (Å²) in [6.07, 6.45) is 1.36. The van der Waals surface area contributed by atoms with E-state index in [9.17, 15) is 9.90 Å². The highest BCUT2D eigenvalue weighted by Crippen LogP contribution is 2.26. The molecule has 0 aliphatic rings. The normalized spacial score (nSPS) is 11.4. The highest BCUT2D eigenvalue weighted by atomic mass is 16.4. The van der Waals surface area contributed by atoms with E-state index in [1.165, 1.54) is 6.21 Å². The molecule has 0 aliphatic heterocycles. The van der Waals surface area contributed by atoms with Gasteiger partial charge in [-0.15, -0.1) is 0 Å². The van der Waals surface area contributed by atoms with Crippen molar-refractivity contribution in [1.82, 2.24) is 0 Å². The summed E-state index contributed by atoms with van der Waals surface area (Å²) in [6.45, 7) is 3.96. The van der Waals surface area contributed by atoms with Gasteiger partial charge in [0.2, 0.25) is 0 Å². The van der Waals surface area contributed by atoms with Gasteiger partial charge in [0.1, 0.15) is 16.9 Å². The number of fused-ring (bicyclic) bond motifs is 1. The third-order valence-corrected chi connectivity index (χ3v) is 3.73. The molecule has 0 saturated carbocycles. The topological polar surface area (TPSA) is 62.8 Å². The second-order valence-corrected chi connectivity index (χ2v) is 5.13. The monoisotopic (exact) mass is 293 g/mol. The minimum atomic E-state index is -0.606. The third kappa shape index (κ3) is 2.39. The number of hydrogen-bond donors (Lipinski definition) is 1. The predicted octanol–water partition coefficient (Wildman–Crippen LogP) is 3.87. The maximum absolute atomic E-state index is 12.0. The molecule has 1 N–H and O–H groups in total. The molecule has 4 heteroatoms. The Kier molecular flexibility index (Phi) is 3.51. The van der Waals surface area contributed by atoms with Crippen molar-refractivity contribution in [2.24, 2.45) is 4.99 Å². The van der Waals surface area contributed by atoms with E-state index < -0.39 is 5.63 Å². The van der Waals surface area contributed by atoms with Crippen molar-refractivity contribution in [2.75, 3.05) is 0 Å². The number of rotatable bonds is 2. The molecule has 110 valence electrons. The van der Waals surface area contributed by atoms with Gasteiger partial charge >= 0.3 is 5.63 Å². The molecule has 22 heavy (non-hydrogen) atoms. The van der Waals surface area contributed by atoms with Gasteiger partial charge < -0.3 is 9.52 Å². The molecular weight excluding hydrogens is 278 g/mol. The molecule has 0 fully saturated rings. The molecular formula is C18H15NO3. The largest absolute Gasteiger partial charge is 0.506 e. The summed E-state index contributed by atoms with van der Waals surface area (Å²) >= 11 is 0. The molecule has 0 radical (unpaired) electrons. The highest BCUT2D eigenvalue weighted by Gasteiger charge is 2.11. The summed E-state index contributed by atoms with van der Waals surface area (Å²) < 4.78 is 5.21. The van der Waals surface area contributed by atoms with Crippen molar-refractivity contribution in [3.05, 3.63) is 69.6 Å². The molecule has 1 heterocycles. The van der Waals surface area contributed by atoms with Crippen LogP contribution in [0, 0.1) is 13.8 Å². The van der Waals surface area contributed by atoms with Gasteiger partial charge in [0.05, 0.1) is 11.1 Å². The maximum Gasteiger partial charge on any atom is 0.348 e. The zero-order chi connectivity index (χ0) is 15.7. The summed E-state index contributed by atoms with van der Waals surface area (Å²) in [5.74, 6) is -0.110. The number of aliphatic imine (C=N–C) groups is 1. The fourth-order valence-corrected chi connectivity index (χ4v) is 2.27. The zero-order valence-electron chi connectivity index (χ0n) is 12.3. The molecule has 0 unspecified atom stereocenters. The number of aryl methyl sites for hydroxylation is 1. The minimum absolute atomic E-state index is 0.0552. The van der Waals surface area contributed by atoms with Crippen molar-refractivity contribution in [3.63, 3.8) is 0 Å². The Hall–Kier alpha value is -2.88. The molecule has 2 aromatic carbocycles. The summed E-state index contributed by atoms with van der Waals surface area (Å²) in [5.41, 5.74) is 2.71. The Morgan fingerprint density at radius 3 is 2.68 bits per heavy atom. The third-order valence-electron chi connectivity index (χ3n) is 3.73. The van der Waals surface area contributed by atoms with E-state index >= 15 is 0 Å². The number of benzene rings is 2. The fourth-order valence-electron chi connectivity index (χ4n) is 2.27. The molecule has 3 rings (SSSR count). The smallest absolute Gasteiger partial charge is 0.348 e. The first kappa shape index (κ1) is 14.1. The molecule has 3 aromatic rings. The second-order valence-electron chi connectivity index (χ2n) is 5.13. The van der Waals surface area contributed by atoms with Crippen molar-refractivity contribution in [2.45, 2.75) is 13.8 Å². The Morgan fingerprint density at radius 2 is 1.86 bits per heavy atom. The van der Waals surface area contributed by atoms with E-state index in [0.29, 0.717) is 11.0 Å². The van der Waals surface area contributed by atoms with Gasteiger partial charge in [-0.3, -0.25) is 4.99 Å². The first-order chi connectivity index (χ1) is 10.6. The standard InChI is InChI=1S/C18H15NO3/c1-11-6-5-8-15(12(11)2)19-10-14-17(20)13-7-3-4-9-16(13)22-18(14)21/h3-10,20H,1-2H3. The first-order valence-corrected chi connectivity index (χ1v) is 6.93. The summed E-state index contributed by atoms with van der Waals surface area (Å²) in [6, 6.07) is 12.6. The number of para-hydroxylation sites is 1.